The molecule has 1 N–H and O–H groups in total. The molecule has 0 unspecified atom stereocenters. The van der Waals surface area contributed by atoms with Crippen molar-refractivity contribution in [1.29, 1.82) is 0 Å². The van der Waals surface area contributed by atoms with Gasteiger partial charge in [0.1, 0.15) is 24.7 Å². The topological polar surface area (TPSA) is 56.2 Å². The fourth-order valence-electron chi connectivity index (χ4n) is 3.18. The number of nitrogens with one attached hydrogen (secondary N) is 1. The average Bonchev–Trinajstić information content (AvgIpc) is 3.04. The van der Waals surface area contributed by atoms with Crippen LogP contribution in [0.2, 0.25) is 0 Å². The standard InChI is InChI=1S/C23H20BrN3O2/c1-16-6-4-9-19(12-16)29-15-22-26-20-10-2-3-11-21(20)27(22)14-23(28)25-18-8-5-7-17(24)13-18/h2-13H,14-15H2,1H3,(H,25,28). The fourth-order valence-corrected chi connectivity index (χ4v) is 3.57. The number of benzene rings is 3. The Bertz CT molecular complexity index is 1170. The van der Waals surface area contributed by atoms with Gasteiger partial charge in [-0.05, 0) is 55.0 Å². The molecule has 3 aromatic carbocycles. The Balaban J connectivity index is 1.57. The maximum atomic E-state index is 12.7. The third-order valence-corrected chi connectivity index (χ3v) is 4.99. The first-order valence-electron chi connectivity index (χ1n) is 9.27. The van der Waals surface area contributed by atoms with Gasteiger partial charge in [-0.15, -0.1) is 0 Å². The number of hydrogen-bond acceptors (Lipinski definition) is 3. The Morgan fingerprint density at radius 1 is 1.07 bits per heavy atom. The zero-order valence-electron chi connectivity index (χ0n) is 15.9. The Kier molecular flexibility index (Phi) is 5.62. The lowest BCUT2D eigenvalue weighted by Crippen LogP contribution is -2.20. The van der Waals surface area contributed by atoms with E-state index in [9.17, 15) is 4.79 Å². The van der Waals surface area contributed by atoms with Crippen molar-refractivity contribution in [2.45, 2.75) is 20.1 Å². The minimum absolute atomic E-state index is 0.122. The lowest BCUT2D eigenvalue weighted by Gasteiger charge is -2.11. The summed E-state index contributed by atoms with van der Waals surface area (Å²) in [6, 6.07) is 23.2. The number of imidazole rings is 1. The number of anilines is 1. The first-order valence-corrected chi connectivity index (χ1v) is 10.1. The van der Waals surface area contributed by atoms with E-state index >= 15 is 0 Å². The van der Waals surface area contributed by atoms with Crippen LogP contribution in [0.15, 0.2) is 77.3 Å². The first kappa shape index (κ1) is 19.2. The normalized spacial score (nSPS) is 10.8. The number of aromatic nitrogens is 2. The monoisotopic (exact) mass is 449 g/mol. The van der Waals surface area contributed by atoms with Crippen LogP contribution >= 0.6 is 15.9 Å². The summed E-state index contributed by atoms with van der Waals surface area (Å²) < 4.78 is 8.75. The van der Waals surface area contributed by atoms with Gasteiger partial charge in [-0.25, -0.2) is 4.98 Å². The van der Waals surface area contributed by atoms with Crippen molar-refractivity contribution in [3.63, 3.8) is 0 Å². The number of amides is 1. The van der Waals surface area contributed by atoms with E-state index in [0.717, 1.165) is 32.5 Å². The first-order chi connectivity index (χ1) is 14.1. The molecule has 146 valence electrons. The molecule has 0 saturated carbocycles. The van der Waals surface area contributed by atoms with E-state index in [1.807, 2.05) is 84.3 Å². The Hall–Kier alpha value is -3.12. The Morgan fingerprint density at radius 3 is 2.72 bits per heavy atom. The zero-order valence-corrected chi connectivity index (χ0v) is 17.5. The smallest absolute Gasteiger partial charge is 0.244 e. The van der Waals surface area contributed by atoms with Gasteiger partial charge >= 0.3 is 0 Å². The second-order valence-electron chi connectivity index (χ2n) is 6.77. The summed E-state index contributed by atoms with van der Waals surface area (Å²) in [5.74, 6) is 1.36. The molecule has 0 radical (unpaired) electrons. The molecule has 0 aliphatic heterocycles. The number of ether oxygens (including phenoxy) is 1. The number of fused-ring (bicyclic) bond motifs is 1. The highest BCUT2D eigenvalue weighted by molar-refractivity contribution is 9.10. The highest BCUT2D eigenvalue weighted by Crippen LogP contribution is 2.20. The van der Waals surface area contributed by atoms with Crippen molar-refractivity contribution in [2.24, 2.45) is 0 Å². The highest BCUT2D eigenvalue weighted by atomic mass is 79.9. The van der Waals surface area contributed by atoms with Crippen molar-refractivity contribution < 1.29 is 9.53 Å². The van der Waals surface area contributed by atoms with E-state index in [2.05, 4.69) is 26.2 Å². The summed E-state index contributed by atoms with van der Waals surface area (Å²) in [5, 5.41) is 2.94. The molecule has 4 rings (SSSR count). The average molecular weight is 450 g/mol. The maximum Gasteiger partial charge on any atom is 0.244 e. The number of carbonyl (C=O) groups is 1. The van der Waals surface area contributed by atoms with E-state index in [0.29, 0.717) is 5.82 Å². The third kappa shape index (κ3) is 4.66. The van der Waals surface area contributed by atoms with Crippen molar-refractivity contribution >= 4 is 38.6 Å². The van der Waals surface area contributed by atoms with Crippen molar-refractivity contribution in [3.8, 4) is 5.75 Å². The number of halogens is 1. The van der Waals surface area contributed by atoms with Crippen LogP contribution in [0.3, 0.4) is 0 Å². The summed E-state index contributed by atoms with van der Waals surface area (Å²) in [6.07, 6.45) is 0. The van der Waals surface area contributed by atoms with Gasteiger partial charge < -0.3 is 14.6 Å². The molecule has 4 aromatic rings. The number of carbonyl (C=O) groups excluding carboxylic acids is 1. The third-order valence-electron chi connectivity index (χ3n) is 4.50. The van der Waals surface area contributed by atoms with E-state index in [1.165, 1.54) is 0 Å². The van der Waals surface area contributed by atoms with Crippen LogP contribution in [0.1, 0.15) is 11.4 Å². The summed E-state index contributed by atoms with van der Waals surface area (Å²) in [5.41, 5.74) is 3.61. The molecule has 0 fully saturated rings. The minimum atomic E-state index is -0.122. The van der Waals surface area contributed by atoms with Crippen molar-refractivity contribution in [2.75, 3.05) is 5.32 Å². The molecule has 0 spiro atoms. The Morgan fingerprint density at radius 2 is 1.90 bits per heavy atom. The van der Waals surface area contributed by atoms with Crippen LogP contribution in [0, 0.1) is 6.92 Å². The SMILES string of the molecule is Cc1cccc(OCc2nc3ccccc3n2CC(=O)Nc2cccc(Br)c2)c1. The Labute approximate surface area is 177 Å². The largest absolute Gasteiger partial charge is 0.486 e. The summed E-state index contributed by atoms with van der Waals surface area (Å²) in [7, 11) is 0. The lowest BCUT2D eigenvalue weighted by atomic mass is 10.2. The van der Waals surface area contributed by atoms with Gasteiger partial charge in [0, 0.05) is 10.2 Å². The van der Waals surface area contributed by atoms with E-state index in [1.54, 1.807) is 0 Å². The summed E-state index contributed by atoms with van der Waals surface area (Å²) in [6.45, 7) is 2.45. The van der Waals surface area contributed by atoms with E-state index in [-0.39, 0.29) is 19.1 Å². The number of nitrogens with zero attached hydrogens (tertiary/aromatic N) is 2. The van der Waals surface area contributed by atoms with Gasteiger partial charge in [-0.3, -0.25) is 4.79 Å². The fraction of sp³-hybridized carbons (Fsp3) is 0.130. The van der Waals surface area contributed by atoms with Crippen LogP contribution in [0.25, 0.3) is 11.0 Å². The van der Waals surface area contributed by atoms with Crippen LogP contribution < -0.4 is 10.1 Å². The summed E-state index contributed by atoms with van der Waals surface area (Å²) in [4.78, 5) is 17.4. The number of aryl methyl sites for hydroxylation is 1. The molecule has 6 heteroatoms. The van der Waals surface area contributed by atoms with E-state index in [4.69, 9.17) is 4.74 Å². The minimum Gasteiger partial charge on any atom is -0.486 e. The second-order valence-corrected chi connectivity index (χ2v) is 7.68. The quantitative estimate of drug-likeness (QED) is 0.432. The van der Waals surface area contributed by atoms with Crippen molar-refractivity contribution in [1.82, 2.24) is 9.55 Å². The van der Waals surface area contributed by atoms with E-state index < -0.39 is 0 Å². The molecule has 0 atom stereocenters. The second kappa shape index (κ2) is 8.49. The molecule has 29 heavy (non-hydrogen) atoms. The molecule has 1 heterocycles. The number of hydrogen-bond donors (Lipinski definition) is 1. The summed E-state index contributed by atoms with van der Waals surface area (Å²) >= 11 is 3.42. The van der Waals surface area contributed by atoms with Crippen LogP contribution in [0.5, 0.6) is 5.75 Å². The van der Waals surface area contributed by atoms with Gasteiger partial charge in [0.2, 0.25) is 5.91 Å². The molecule has 1 amide bonds. The van der Waals surface area contributed by atoms with Gasteiger partial charge in [0.15, 0.2) is 0 Å². The van der Waals surface area contributed by atoms with Crippen LogP contribution in [-0.4, -0.2) is 15.5 Å². The molecule has 0 bridgehead atoms. The number of para-hydroxylation sites is 2. The molecule has 1 aromatic heterocycles. The number of rotatable bonds is 6. The molecular formula is C23H20BrN3O2. The van der Waals surface area contributed by atoms with Gasteiger partial charge in [-0.2, -0.15) is 0 Å². The molecule has 0 aliphatic carbocycles. The predicted molar refractivity (Wildman–Crippen MR) is 118 cm³/mol. The van der Waals surface area contributed by atoms with Crippen LogP contribution in [0.4, 0.5) is 5.69 Å². The van der Waals surface area contributed by atoms with Crippen LogP contribution in [-0.2, 0) is 17.9 Å². The van der Waals surface area contributed by atoms with Gasteiger partial charge in [0.25, 0.3) is 0 Å². The molecular weight excluding hydrogens is 430 g/mol. The van der Waals surface area contributed by atoms with Crippen molar-refractivity contribution in [3.05, 3.63) is 88.7 Å². The van der Waals surface area contributed by atoms with Gasteiger partial charge in [0.05, 0.1) is 11.0 Å². The maximum absolute atomic E-state index is 12.7. The van der Waals surface area contributed by atoms with Gasteiger partial charge in [-0.1, -0.05) is 46.3 Å². The lowest BCUT2D eigenvalue weighted by molar-refractivity contribution is -0.116. The predicted octanol–water partition coefficient (Wildman–Crippen LogP) is 5.32. The molecule has 0 saturated heterocycles. The highest BCUT2D eigenvalue weighted by Gasteiger charge is 2.14. The molecule has 0 aliphatic rings. The zero-order chi connectivity index (χ0) is 20.2. The molecule has 5 nitrogen and oxygen atoms in total.